The third kappa shape index (κ3) is 5.17. The van der Waals surface area contributed by atoms with E-state index in [2.05, 4.69) is 32.7 Å². The van der Waals surface area contributed by atoms with Gasteiger partial charge in [0.15, 0.2) is 0 Å². The van der Waals surface area contributed by atoms with Crippen LogP contribution in [-0.2, 0) is 13.6 Å². The van der Waals surface area contributed by atoms with Crippen LogP contribution < -0.4 is 20.2 Å². The summed E-state index contributed by atoms with van der Waals surface area (Å²) in [6.07, 6.45) is 8.04. The van der Waals surface area contributed by atoms with Gasteiger partial charge in [-0.05, 0) is 0 Å². The van der Waals surface area contributed by atoms with Gasteiger partial charge in [-0.3, -0.25) is 10.3 Å². The van der Waals surface area contributed by atoms with E-state index in [1.807, 2.05) is 31.2 Å². The molecule has 0 amide bonds. The fraction of sp³-hybridized carbons (Fsp3) is 0.600. The Kier molecular flexibility index (Phi) is 5.47. The van der Waals surface area contributed by atoms with Gasteiger partial charge in [-0.15, -0.1) is 0 Å². The van der Waals surface area contributed by atoms with E-state index in [1.165, 1.54) is 0 Å². The Morgan fingerprint density at radius 1 is 1.40 bits per heavy atom. The zero-order valence-electron chi connectivity index (χ0n) is 9.53. The lowest BCUT2D eigenvalue weighted by Gasteiger charge is -1.99. The number of aromatic nitrogens is 2. The highest BCUT2D eigenvalue weighted by Gasteiger charge is 1.98. The SMILES string of the molecule is C[NH+]=CNCCNCCn1cc[n+](C)c1. The second-order valence-corrected chi connectivity index (χ2v) is 3.45. The van der Waals surface area contributed by atoms with Crippen molar-refractivity contribution in [3.8, 4) is 0 Å². The second kappa shape index (κ2) is 7.00. The molecule has 3 N–H and O–H groups in total. The molecule has 0 saturated carbocycles. The molecule has 0 saturated heterocycles. The Bertz CT molecular complexity index is 292. The topological polar surface area (TPSA) is 46.8 Å². The van der Waals surface area contributed by atoms with Crippen LogP contribution in [0.3, 0.4) is 0 Å². The predicted octanol–water partition coefficient (Wildman–Crippen LogP) is -2.77. The minimum Gasteiger partial charge on any atom is -0.309 e. The van der Waals surface area contributed by atoms with Crippen molar-refractivity contribution in [2.75, 3.05) is 26.7 Å². The zero-order valence-corrected chi connectivity index (χ0v) is 9.53. The first-order valence-corrected chi connectivity index (χ1v) is 5.27. The molecule has 5 heteroatoms. The quantitative estimate of drug-likeness (QED) is 0.198. The van der Waals surface area contributed by atoms with Crippen LogP contribution in [0.25, 0.3) is 0 Å². The predicted molar refractivity (Wildman–Crippen MR) is 59.4 cm³/mol. The molecule has 0 atom stereocenters. The minimum absolute atomic E-state index is 0.945. The monoisotopic (exact) mass is 211 g/mol. The first kappa shape index (κ1) is 11.7. The van der Waals surface area contributed by atoms with Crippen LogP contribution >= 0.6 is 0 Å². The van der Waals surface area contributed by atoms with Crippen molar-refractivity contribution >= 4 is 6.34 Å². The number of aryl methyl sites for hydroxylation is 1. The summed E-state index contributed by atoms with van der Waals surface area (Å²) < 4.78 is 4.21. The van der Waals surface area contributed by atoms with E-state index in [-0.39, 0.29) is 0 Å². The molecular formula is C10H21N5+2. The zero-order chi connectivity index (χ0) is 10.9. The molecule has 1 aromatic heterocycles. The molecule has 5 nitrogen and oxygen atoms in total. The molecule has 1 aromatic rings. The van der Waals surface area contributed by atoms with Crippen LogP contribution in [0.1, 0.15) is 0 Å². The van der Waals surface area contributed by atoms with Crippen molar-refractivity contribution in [3.05, 3.63) is 18.7 Å². The van der Waals surface area contributed by atoms with Crippen LogP contribution in [0.4, 0.5) is 0 Å². The number of hydrogen-bond acceptors (Lipinski definition) is 1. The molecule has 0 unspecified atom stereocenters. The van der Waals surface area contributed by atoms with Crippen LogP contribution in [-0.4, -0.2) is 37.6 Å². The van der Waals surface area contributed by atoms with Crippen LogP contribution in [0.15, 0.2) is 18.7 Å². The van der Waals surface area contributed by atoms with Gasteiger partial charge in [-0.25, -0.2) is 9.13 Å². The van der Waals surface area contributed by atoms with Crippen molar-refractivity contribution < 1.29 is 9.56 Å². The lowest BCUT2D eigenvalue weighted by molar-refractivity contribution is -0.671. The molecular weight excluding hydrogens is 190 g/mol. The summed E-state index contributed by atoms with van der Waals surface area (Å²) in [7, 11) is 3.91. The Morgan fingerprint density at radius 2 is 2.27 bits per heavy atom. The van der Waals surface area contributed by atoms with E-state index >= 15 is 0 Å². The summed E-state index contributed by atoms with van der Waals surface area (Å²) in [5.41, 5.74) is 0. The van der Waals surface area contributed by atoms with Gasteiger partial charge >= 0.3 is 0 Å². The summed E-state index contributed by atoms with van der Waals surface area (Å²) in [6.45, 7) is 3.93. The normalized spacial score (nSPS) is 11.1. The number of nitrogens with zero attached hydrogens (tertiary/aromatic N) is 2. The van der Waals surface area contributed by atoms with Gasteiger partial charge in [-0.2, -0.15) is 0 Å². The number of nitrogens with one attached hydrogen (secondary N) is 3. The summed E-state index contributed by atoms with van der Waals surface area (Å²) in [4.78, 5) is 2.92. The maximum Gasteiger partial charge on any atom is 0.243 e. The maximum absolute atomic E-state index is 3.36. The molecule has 15 heavy (non-hydrogen) atoms. The van der Waals surface area contributed by atoms with E-state index in [0.717, 1.165) is 26.2 Å². The van der Waals surface area contributed by atoms with Crippen LogP contribution in [0, 0.1) is 0 Å². The fourth-order valence-electron chi connectivity index (χ4n) is 1.30. The summed E-state index contributed by atoms with van der Waals surface area (Å²) in [5.74, 6) is 0. The molecule has 1 heterocycles. The first-order valence-electron chi connectivity index (χ1n) is 5.27. The first-order chi connectivity index (χ1) is 7.33. The molecule has 0 aliphatic carbocycles. The average Bonchev–Trinajstić information content (AvgIpc) is 2.63. The smallest absolute Gasteiger partial charge is 0.243 e. The van der Waals surface area contributed by atoms with Crippen molar-refractivity contribution in [3.63, 3.8) is 0 Å². The van der Waals surface area contributed by atoms with Crippen LogP contribution in [0.5, 0.6) is 0 Å². The number of imidazole rings is 1. The molecule has 0 spiro atoms. The molecule has 1 rings (SSSR count). The highest BCUT2D eigenvalue weighted by atomic mass is 15.1. The van der Waals surface area contributed by atoms with Crippen LogP contribution in [0.2, 0.25) is 0 Å². The van der Waals surface area contributed by atoms with Gasteiger partial charge in [-0.1, -0.05) is 0 Å². The highest BCUT2D eigenvalue weighted by molar-refractivity contribution is 5.46. The van der Waals surface area contributed by atoms with Gasteiger partial charge in [0.05, 0.1) is 20.6 Å². The molecule has 84 valence electrons. The lowest BCUT2D eigenvalue weighted by Crippen LogP contribution is -2.66. The number of hydrogen-bond donors (Lipinski definition) is 3. The van der Waals surface area contributed by atoms with Crippen molar-refractivity contribution in [2.45, 2.75) is 6.54 Å². The maximum atomic E-state index is 3.36. The summed E-state index contributed by atoms with van der Waals surface area (Å²) in [6, 6.07) is 0. The van der Waals surface area contributed by atoms with Crippen molar-refractivity contribution in [1.29, 1.82) is 0 Å². The van der Waals surface area contributed by atoms with E-state index in [4.69, 9.17) is 0 Å². The Hall–Kier alpha value is -1.36. The Labute approximate surface area is 90.8 Å². The van der Waals surface area contributed by atoms with E-state index in [9.17, 15) is 0 Å². The van der Waals surface area contributed by atoms with Gasteiger partial charge in [0.1, 0.15) is 18.9 Å². The van der Waals surface area contributed by atoms with E-state index in [1.54, 1.807) is 0 Å². The fourth-order valence-corrected chi connectivity index (χ4v) is 1.30. The summed E-state index contributed by atoms with van der Waals surface area (Å²) in [5, 5.41) is 6.49. The van der Waals surface area contributed by atoms with Gasteiger partial charge in [0.2, 0.25) is 12.7 Å². The lowest BCUT2D eigenvalue weighted by atomic mass is 10.5. The molecule has 0 radical (unpaired) electrons. The average molecular weight is 211 g/mol. The van der Waals surface area contributed by atoms with Gasteiger partial charge in [0, 0.05) is 13.1 Å². The Morgan fingerprint density at radius 3 is 2.93 bits per heavy atom. The standard InChI is InChI=1S/C10H20N5/c1-11-9-13-4-3-12-5-6-15-8-7-14(2)10-15/h7-10,12H,3-6H2,1-2H3,(H,11,13)/q+1/p+1. The second-order valence-electron chi connectivity index (χ2n) is 3.45. The molecule has 0 aliphatic rings. The highest BCUT2D eigenvalue weighted by Crippen LogP contribution is 1.81. The number of rotatable bonds is 7. The van der Waals surface area contributed by atoms with Crippen molar-refractivity contribution in [2.24, 2.45) is 7.05 Å². The molecule has 0 aliphatic heterocycles. The van der Waals surface area contributed by atoms with E-state index in [0.29, 0.717) is 0 Å². The molecule has 0 fully saturated rings. The minimum atomic E-state index is 0.945. The van der Waals surface area contributed by atoms with Gasteiger partial charge < -0.3 is 5.32 Å². The van der Waals surface area contributed by atoms with Gasteiger partial charge in [0.25, 0.3) is 0 Å². The van der Waals surface area contributed by atoms with Crippen molar-refractivity contribution in [1.82, 2.24) is 15.2 Å². The van der Waals surface area contributed by atoms with E-state index < -0.39 is 0 Å². The third-order valence-electron chi connectivity index (χ3n) is 2.06. The largest absolute Gasteiger partial charge is 0.309 e. The third-order valence-corrected chi connectivity index (χ3v) is 2.06. The molecule has 0 bridgehead atoms. The Balaban J connectivity index is 1.97. The molecule has 0 aromatic carbocycles. The summed E-state index contributed by atoms with van der Waals surface area (Å²) >= 11 is 0.